The Kier molecular flexibility index (Phi) is 5.65. The molecule has 0 amide bonds. The van der Waals surface area contributed by atoms with Crippen LogP contribution in [0.4, 0.5) is 0 Å². The van der Waals surface area contributed by atoms with Gasteiger partial charge in [-0.1, -0.05) is 23.7 Å². The third kappa shape index (κ3) is 3.77. The summed E-state index contributed by atoms with van der Waals surface area (Å²) < 4.78 is 1.94. The fourth-order valence-corrected chi connectivity index (χ4v) is 2.94. The predicted octanol–water partition coefficient (Wildman–Crippen LogP) is 2.64. The number of hydrogen-bond acceptors (Lipinski definition) is 3. The average Bonchev–Trinajstić information content (AvgIpc) is 2.85. The zero-order valence-electron chi connectivity index (χ0n) is 12.0. The molecule has 0 bridgehead atoms. The molecule has 114 valence electrons. The molecule has 1 aliphatic heterocycles. The molecule has 2 aromatic rings. The Balaban J connectivity index is 0.00000161. The molecular weight excluding hydrogens is 307 g/mol. The highest BCUT2D eigenvalue weighted by Gasteiger charge is 2.24. The lowest BCUT2D eigenvalue weighted by molar-refractivity contribution is 0.150. The minimum absolute atomic E-state index is 0. The summed E-state index contributed by atoms with van der Waals surface area (Å²) in [6.45, 7) is 3.92. The van der Waals surface area contributed by atoms with E-state index in [9.17, 15) is 0 Å². The van der Waals surface area contributed by atoms with Gasteiger partial charge in [-0.15, -0.1) is 12.4 Å². The smallest absolute Gasteiger partial charge is 0.0521 e. The number of nitrogens with zero attached hydrogens (tertiary/aromatic N) is 3. The van der Waals surface area contributed by atoms with Crippen LogP contribution in [0.1, 0.15) is 17.3 Å². The number of aromatic nitrogens is 2. The molecule has 0 spiro atoms. The first kappa shape index (κ1) is 16.3. The van der Waals surface area contributed by atoms with Crippen molar-refractivity contribution in [2.24, 2.45) is 7.05 Å². The molecule has 0 radical (unpaired) electrons. The summed E-state index contributed by atoms with van der Waals surface area (Å²) >= 11 is 6.13. The normalized spacial score (nSPS) is 19.2. The second-order valence-electron chi connectivity index (χ2n) is 5.19. The Morgan fingerprint density at radius 3 is 2.95 bits per heavy atom. The Hall–Kier alpha value is -1.07. The molecule has 3 rings (SSSR count). The molecule has 1 atom stereocenters. The van der Waals surface area contributed by atoms with Crippen molar-refractivity contribution >= 4 is 24.0 Å². The first-order valence-corrected chi connectivity index (χ1v) is 7.29. The van der Waals surface area contributed by atoms with E-state index in [0.29, 0.717) is 6.04 Å². The molecular formula is C15H20Cl2N4. The minimum atomic E-state index is 0. The summed E-state index contributed by atoms with van der Waals surface area (Å²) in [7, 11) is 1.99. The Morgan fingerprint density at radius 1 is 1.38 bits per heavy atom. The molecule has 2 heterocycles. The second-order valence-corrected chi connectivity index (χ2v) is 5.63. The summed E-state index contributed by atoms with van der Waals surface area (Å²) in [6, 6.07) is 10.6. The first-order chi connectivity index (χ1) is 9.74. The van der Waals surface area contributed by atoms with Crippen LogP contribution in [-0.2, 0) is 13.6 Å². The van der Waals surface area contributed by atoms with Gasteiger partial charge in [0, 0.05) is 50.5 Å². The molecule has 4 nitrogen and oxygen atoms in total. The Morgan fingerprint density at radius 2 is 2.24 bits per heavy atom. The van der Waals surface area contributed by atoms with Crippen molar-refractivity contribution in [1.82, 2.24) is 20.0 Å². The summed E-state index contributed by atoms with van der Waals surface area (Å²) in [4.78, 5) is 2.49. The fraction of sp³-hybridized carbons (Fsp3) is 0.400. The lowest BCUT2D eigenvalue weighted by Gasteiger charge is -2.36. The van der Waals surface area contributed by atoms with Crippen LogP contribution in [-0.4, -0.2) is 34.3 Å². The number of halogens is 2. The summed E-state index contributed by atoms with van der Waals surface area (Å²) in [5, 5.41) is 8.52. The first-order valence-electron chi connectivity index (χ1n) is 6.91. The fourth-order valence-electron chi connectivity index (χ4n) is 2.74. The summed E-state index contributed by atoms with van der Waals surface area (Å²) in [5.41, 5.74) is 2.51. The third-order valence-electron chi connectivity index (χ3n) is 3.88. The highest BCUT2D eigenvalue weighted by Crippen LogP contribution is 2.25. The van der Waals surface area contributed by atoms with Gasteiger partial charge < -0.3 is 5.32 Å². The largest absolute Gasteiger partial charge is 0.314 e. The second kappa shape index (κ2) is 7.27. The Bertz CT molecular complexity index is 585. The number of benzene rings is 1. The van der Waals surface area contributed by atoms with Crippen molar-refractivity contribution in [2.75, 3.05) is 19.6 Å². The summed E-state index contributed by atoms with van der Waals surface area (Å²) in [6.07, 6.45) is 1.85. The number of nitrogens with one attached hydrogen (secondary N) is 1. The molecule has 0 saturated carbocycles. The van der Waals surface area contributed by atoms with E-state index in [2.05, 4.69) is 33.5 Å². The van der Waals surface area contributed by atoms with E-state index in [0.717, 1.165) is 31.2 Å². The van der Waals surface area contributed by atoms with E-state index in [1.165, 1.54) is 11.3 Å². The molecule has 1 aliphatic rings. The van der Waals surface area contributed by atoms with Crippen molar-refractivity contribution in [1.29, 1.82) is 0 Å². The SMILES string of the molecule is Cl.Cn1nccc1CN1CCNCC1c1cccc(Cl)c1. The van der Waals surface area contributed by atoms with Gasteiger partial charge in [0.15, 0.2) is 0 Å². The van der Waals surface area contributed by atoms with E-state index in [1.807, 2.05) is 30.1 Å². The van der Waals surface area contributed by atoms with Crippen molar-refractivity contribution in [3.8, 4) is 0 Å². The maximum absolute atomic E-state index is 6.13. The van der Waals surface area contributed by atoms with Gasteiger partial charge in [0.05, 0.1) is 5.69 Å². The van der Waals surface area contributed by atoms with Crippen LogP contribution in [0.3, 0.4) is 0 Å². The molecule has 0 aliphatic carbocycles. The maximum Gasteiger partial charge on any atom is 0.0521 e. The van der Waals surface area contributed by atoms with Gasteiger partial charge in [0.2, 0.25) is 0 Å². The molecule has 1 aromatic heterocycles. The van der Waals surface area contributed by atoms with E-state index in [1.54, 1.807) is 0 Å². The van der Waals surface area contributed by atoms with Crippen molar-refractivity contribution < 1.29 is 0 Å². The standard InChI is InChI=1S/C15H19ClN4.ClH/c1-19-14(5-6-18-19)11-20-8-7-17-10-15(20)12-3-2-4-13(16)9-12;/h2-6,9,15,17H,7-8,10-11H2,1H3;1H. The zero-order valence-corrected chi connectivity index (χ0v) is 13.6. The van der Waals surface area contributed by atoms with Gasteiger partial charge in [0.25, 0.3) is 0 Å². The average molecular weight is 327 g/mol. The van der Waals surface area contributed by atoms with Crippen LogP contribution in [0.2, 0.25) is 5.02 Å². The van der Waals surface area contributed by atoms with Gasteiger partial charge in [-0.05, 0) is 23.8 Å². The highest BCUT2D eigenvalue weighted by molar-refractivity contribution is 6.30. The monoisotopic (exact) mass is 326 g/mol. The topological polar surface area (TPSA) is 33.1 Å². The van der Waals surface area contributed by atoms with Gasteiger partial charge in [-0.3, -0.25) is 9.58 Å². The maximum atomic E-state index is 6.13. The van der Waals surface area contributed by atoms with Crippen molar-refractivity contribution in [3.05, 3.63) is 52.8 Å². The number of piperazine rings is 1. The minimum Gasteiger partial charge on any atom is -0.314 e. The van der Waals surface area contributed by atoms with Crippen LogP contribution in [0.15, 0.2) is 36.5 Å². The third-order valence-corrected chi connectivity index (χ3v) is 4.11. The zero-order chi connectivity index (χ0) is 13.9. The highest BCUT2D eigenvalue weighted by atomic mass is 35.5. The van der Waals surface area contributed by atoms with Gasteiger partial charge >= 0.3 is 0 Å². The van der Waals surface area contributed by atoms with E-state index >= 15 is 0 Å². The van der Waals surface area contributed by atoms with Gasteiger partial charge in [0.1, 0.15) is 0 Å². The number of aryl methyl sites for hydroxylation is 1. The molecule has 1 aromatic carbocycles. The Labute approximate surface area is 136 Å². The molecule has 1 saturated heterocycles. The predicted molar refractivity (Wildman–Crippen MR) is 87.9 cm³/mol. The van der Waals surface area contributed by atoms with E-state index in [-0.39, 0.29) is 12.4 Å². The molecule has 1 unspecified atom stereocenters. The molecule has 6 heteroatoms. The number of rotatable bonds is 3. The van der Waals surface area contributed by atoms with Crippen molar-refractivity contribution in [3.63, 3.8) is 0 Å². The van der Waals surface area contributed by atoms with Crippen LogP contribution >= 0.6 is 24.0 Å². The van der Waals surface area contributed by atoms with E-state index < -0.39 is 0 Å². The molecule has 21 heavy (non-hydrogen) atoms. The van der Waals surface area contributed by atoms with E-state index in [4.69, 9.17) is 11.6 Å². The lowest BCUT2D eigenvalue weighted by atomic mass is 10.0. The number of hydrogen-bond donors (Lipinski definition) is 1. The van der Waals surface area contributed by atoms with Crippen molar-refractivity contribution in [2.45, 2.75) is 12.6 Å². The summed E-state index contributed by atoms with van der Waals surface area (Å²) in [5.74, 6) is 0. The van der Waals surface area contributed by atoms with Crippen LogP contribution < -0.4 is 5.32 Å². The van der Waals surface area contributed by atoms with Gasteiger partial charge in [-0.25, -0.2) is 0 Å². The lowest BCUT2D eigenvalue weighted by Crippen LogP contribution is -2.45. The van der Waals surface area contributed by atoms with Crippen LogP contribution in [0.5, 0.6) is 0 Å². The molecule has 1 fully saturated rings. The van der Waals surface area contributed by atoms with Crippen LogP contribution in [0, 0.1) is 0 Å². The quantitative estimate of drug-likeness (QED) is 0.941. The van der Waals surface area contributed by atoms with Crippen LogP contribution in [0.25, 0.3) is 0 Å². The van der Waals surface area contributed by atoms with Gasteiger partial charge in [-0.2, -0.15) is 5.10 Å². The molecule has 1 N–H and O–H groups in total.